The largest absolute Gasteiger partial charge is 0.328 e. The molecule has 0 saturated heterocycles. The topological polar surface area (TPSA) is 26.0 Å². The van der Waals surface area contributed by atoms with Gasteiger partial charge in [0.1, 0.15) is 0 Å². The highest BCUT2D eigenvalue weighted by molar-refractivity contribution is 9.10. The van der Waals surface area contributed by atoms with Gasteiger partial charge in [-0.25, -0.2) is 0 Å². The number of hydrogen-bond acceptors (Lipinski definition) is 2. The SMILES string of the molecule is CCC(C)Sc1ccc(CC(C)N)cc1Br. The fraction of sp³-hybridized carbons (Fsp3) is 0.538. The third kappa shape index (κ3) is 4.48. The molecule has 0 radical (unpaired) electrons. The summed E-state index contributed by atoms with van der Waals surface area (Å²) in [4.78, 5) is 1.32. The van der Waals surface area contributed by atoms with Crippen LogP contribution < -0.4 is 5.73 Å². The van der Waals surface area contributed by atoms with Crippen LogP contribution in [-0.2, 0) is 6.42 Å². The molecule has 3 heteroatoms. The average molecular weight is 302 g/mol. The van der Waals surface area contributed by atoms with Gasteiger partial charge >= 0.3 is 0 Å². The molecule has 1 aromatic rings. The summed E-state index contributed by atoms with van der Waals surface area (Å²) in [6.45, 7) is 6.51. The van der Waals surface area contributed by atoms with Gasteiger partial charge in [-0.2, -0.15) is 0 Å². The maximum atomic E-state index is 5.79. The normalized spacial score (nSPS) is 14.8. The maximum absolute atomic E-state index is 5.79. The van der Waals surface area contributed by atoms with Crippen molar-refractivity contribution < 1.29 is 0 Å². The van der Waals surface area contributed by atoms with Gasteiger partial charge in [-0.15, -0.1) is 11.8 Å². The van der Waals surface area contributed by atoms with Crippen molar-refractivity contribution in [2.75, 3.05) is 0 Å². The van der Waals surface area contributed by atoms with Crippen LogP contribution in [0.3, 0.4) is 0 Å². The minimum absolute atomic E-state index is 0.222. The predicted molar refractivity (Wildman–Crippen MR) is 77.1 cm³/mol. The zero-order chi connectivity index (χ0) is 12.1. The van der Waals surface area contributed by atoms with Crippen LogP contribution in [0.4, 0.5) is 0 Å². The number of benzene rings is 1. The fourth-order valence-corrected chi connectivity index (χ4v) is 3.06. The maximum Gasteiger partial charge on any atom is 0.0314 e. The second-order valence-electron chi connectivity index (χ2n) is 4.28. The standard InChI is InChI=1S/C13H20BrNS/c1-4-10(3)16-13-6-5-11(7-9(2)15)8-12(13)14/h5-6,8-10H,4,7,15H2,1-3H3. The van der Waals surface area contributed by atoms with E-state index in [2.05, 4.69) is 48.0 Å². The Kier molecular flexibility index (Phi) is 5.87. The number of thioether (sulfide) groups is 1. The van der Waals surface area contributed by atoms with E-state index >= 15 is 0 Å². The van der Waals surface area contributed by atoms with Crippen molar-refractivity contribution in [1.29, 1.82) is 0 Å². The lowest BCUT2D eigenvalue weighted by atomic mass is 10.1. The van der Waals surface area contributed by atoms with Crippen LogP contribution in [0.1, 0.15) is 32.8 Å². The first-order valence-corrected chi connectivity index (χ1v) is 7.40. The summed E-state index contributed by atoms with van der Waals surface area (Å²) in [5.41, 5.74) is 7.10. The van der Waals surface area contributed by atoms with Gasteiger partial charge < -0.3 is 5.73 Å². The van der Waals surface area contributed by atoms with Gasteiger partial charge in [0.2, 0.25) is 0 Å². The van der Waals surface area contributed by atoms with Crippen LogP contribution in [0, 0.1) is 0 Å². The predicted octanol–water partition coefficient (Wildman–Crippen LogP) is 4.23. The zero-order valence-corrected chi connectivity index (χ0v) is 12.6. The van der Waals surface area contributed by atoms with Crippen LogP contribution in [0.25, 0.3) is 0 Å². The summed E-state index contributed by atoms with van der Waals surface area (Å²) in [5, 5.41) is 0.663. The third-order valence-electron chi connectivity index (χ3n) is 2.46. The lowest BCUT2D eigenvalue weighted by Gasteiger charge is -2.12. The molecule has 0 heterocycles. The van der Waals surface area contributed by atoms with Crippen LogP contribution in [0.2, 0.25) is 0 Å². The second-order valence-corrected chi connectivity index (χ2v) is 6.62. The van der Waals surface area contributed by atoms with Gasteiger partial charge in [0.15, 0.2) is 0 Å². The molecule has 1 rings (SSSR count). The van der Waals surface area contributed by atoms with Crippen LogP contribution in [-0.4, -0.2) is 11.3 Å². The lowest BCUT2D eigenvalue weighted by molar-refractivity contribution is 0.737. The number of hydrogen-bond donors (Lipinski definition) is 1. The Labute approximate surface area is 111 Å². The molecule has 0 aliphatic carbocycles. The Morgan fingerprint density at radius 1 is 1.38 bits per heavy atom. The molecule has 0 fully saturated rings. The summed E-state index contributed by atoms with van der Waals surface area (Å²) in [5.74, 6) is 0. The molecule has 2 N–H and O–H groups in total. The van der Waals surface area contributed by atoms with E-state index in [0.717, 1.165) is 6.42 Å². The fourth-order valence-electron chi connectivity index (χ4n) is 1.44. The summed E-state index contributed by atoms with van der Waals surface area (Å²) >= 11 is 5.55. The highest BCUT2D eigenvalue weighted by Gasteiger charge is 2.07. The van der Waals surface area contributed by atoms with E-state index in [4.69, 9.17) is 5.73 Å². The third-order valence-corrected chi connectivity index (χ3v) is 4.72. The van der Waals surface area contributed by atoms with Gasteiger partial charge in [-0.05, 0) is 53.4 Å². The lowest BCUT2D eigenvalue weighted by Crippen LogP contribution is -2.17. The molecule has 0 aliphatic rings. The molecule has 0 aliphatic heterocycles. The molecule has 2 atom stereocenters. The molecular formula is C13H20BrNS. The smallest absolute Gasteiger partial charge is 0.0314 e. The zero-order valence-electron chi connectivity index (χ0n) is 10.2. The van der Waals surface area contributed by atoms with E-state index in [1.807, 2.05) is 18.7 Å². The van der Waals surface area contributed by atoms with Crippen LogP contribution in [0.15, 0.2) is 27.6 Å². The molecule has 1 aromatic carbocycles. The van der Waals surface area contributed by atoms with Crippen molar-refractivity contribution in [3.05, 3.63) is 28.2 Å². The van der Waals surface area contributed by atoms with Gasteiger partial charge in [-0.1, -0.05) is 19.9 Å². The van der Waals surface area contributed by atoms with Crippen molar-refractivity contribution >= 4 is 27.7 Å². The average Bonchev–Trinajstić information content (AvgIpc) is 2.21. The first-order valence-electron chi connectivity index (χ1n) is 5.73. The molecule has 0 aromatic heterocycles. The van der Waals surface area contributed by atoms with E-state index < -0.39 is 0 Å². The summed E-state index contributed by atoms with van der Waals surface area (Å²) in [6.07, 6.45) is 2.13. The molecule has 0 amide bonds. The van der Waals surface area contributed by atoms with E-state index in [1.165, 1.54) is 21.4 Å². The Morgan fingerprint density at radius 2 is 2.06 bits per heavy atom. The highest BCUT2D eigenvalue weighted by atomic mass is 79.9. The van der Waals surface area contributed by atoms with Crippen molar-refractivity contribution in [3.63, 3.8) is 0 Å². The van der Waals surface area contributed by atoms with Crippen LogP contribution >= 0.6 is 27.7 Å². The Balaban J connectivity index is 2.75. The van der Waals surface area contributed by atoms with Crippen molar-refractivity contribution in [1.82, 2.24) is 0 Å². The second kappa shape index (κ2) is 6.67. The molecule has 2 unspecified atom stereocenters. The van der Waals surface area contributed by atoms with E-state index in [1.54, 1.807) is 0 Å². The number of nitrogens with two attached hydrogens (primary N) is 1. The van der Waals surface area contributed by atoms with Gasteiger partial charge in [0, 0.05) is 20.7 Å². The minimum Gasteiger partial charge on any atom is -0.328 e. The van der Waals surface area contributed by atoms with Crippen molar-refractivity contribution in [3.8, 4) is 0 Å². The van der Waals surface area contributed by atoms with Gasteiger partial charge in [0.25, 0.3) is 0 Å². The summed E-state index contributed by atoms with van der Waals surface area (Å²) in [7, 11) is 0. The molecule has 0 spiro atoms. The molecule has 0 saturated carbocycles. The summed E-state index contributed by atoms with van der Waals surface area (Å²) < 4.78 is 1.19. The first kappa shape index (κ1) is 14.1. The molecule has 1 nitrogen and oxygen atoms in total. The molecule has 0 bridgehead atoms. The summed E-state index contributed by atoms with van der Waals surface area (Å²) in [6, 6.07) is 6.78. The minimum atomic E-state index is 0.222. The monoisotopic (exact) mass is 301 g/mol. The van der Waals surface area contributed by atoms with Crippen molar-refractivity contribution in [2.45, 2.75) is 49.8 Å². The van der Waals surface area contributed by atoms with Crippen LogP contribution in [0.5, 0.6) is 0 Å². The highest BCUT2D eigenvalue weighted by Crippen LogP contribution is 2.32. The van der Waals surface area contributed by atoms with E-state index in [-0.39, 0.29) is 6.04 Å². The Morgan fingerprint density at radius 3 is 2.56 bits per heavy atom. The quantitative estimate of drug-likeness (QED) is 0.824. The Bertz CT molecular complexity index is 339. The molecule has 16 heavy (non-hydrogen) atoms. The van der Waals surface area contributed by atoms with E-state index in [9.17, 15) is 0 Å². The van der Waals surface area contributed by atoms with Gasteiger partial charge in [0.05, 0.1) is 0 Å². The number of halogens is 1. The Hall–Kier alpha value is 0.01000. The molecule has 90 valence electrons. The number of rotatable bonds is 5. The molecular weight excluding hydrogens is 282 g/mol. The van der Waals surface area contributed by atoms with E-state index in [0.29, 0.717) is 5.25 Å². The van der Waals surface area contributed by atoms with Crippen molar-refractivity contribution in [2.24, 2.45) is 5.73 Å². The first-order chi connectivity index (χ1) is 7.52. The van der Waals surface area contributed by atoms with Gasteiger partial charge in [-0.3, -0.25) is 0 Å².